The molecule has 0 aliphatic heterocycles. The third kappa shape index (κ3) is 2.47. The van der Waals surface area contributed by atoms with E-state index in [0.29, 0.717) is 6.42 Å². The number of rotatable bonds is 1. The van der Waals surface area contributed by atoms with Crippen molar-refractivity contribution in [1.82, 2.24) is 0 Å². The Morgan fingerprint density at radius 2 is 1.67 bits per heavy atom. The Balaban J connectivity index is 2.83. The van der Waals surface area contributed by atoms with Crippen molar-refractivity contribution in [2.24, 2.45) is 0 Å². The Hall–Kier alpha value is -0.240. The maximum atomic E-state index is 9.78. The molecule has 1 aliphatic carbocycles. The van der Waals surface area contributed by atoms with Gasteiger partial charge in [0.2, 0.25) is 0 Å². The van der Waals surface area contributed by atoms with Gasteiger partial charge in [-0.1, -0.05) is 0 Å². The Morgan fingerprint density at radius 1 is 1.07 bits per heavy atom. The van der Waals surface area contributed by atoms with Crippen LogP contribution >= 0.6 is 0 Å². The van der Waals surface area contributed by atoms with Gasteiger partial charge in [-0.2, -0.15) is 0 Å². The van der Waals surface area contributed by atoms with Crippen LogP contribution in [0.5, 0.6) is 0 Å². The molecule has 0 radical (unpaired) electrons. The summed E-state index contributed by atoms with van der Waals surface area (Å²) in [5.74, 6) is 0. The standard InChI is InChI=1S/C9H18O6/c10-4-9(15)3-1-2-5(11)6(12)7(13)8(9)14/h5-8,10-15H,1-4H2/t5-,6-,7+,8-,9+/m0/s1. The SMILES string of the molecule is OC[C@]1(O)CCC[C@H](O)[C@H](O)[C@@H](O)[C@@H]1O. The second-order valence-corrected chi connectivity index (χ2v) is 4.15. The lowest BCUT2D eigenvalue weighted by atomic mass is 9.81. The van der Waals surface area contributed by atoms with E-state index in [1.165, 1.54) is 0 Å². The van der Waals surface area contributed by atoms with Crippen molar-refractivity contribution in [3.8, 4) is 0 Å². The quantitative estimate of drug-likeness (QED) is 0.288. The summed E-state index contributed by atoms with van der Waals surface area (Å²) in [6, 6.07) is 0. The van der Waals surface area contributed by atoms with Gasteiger partial charge in [-0.25, -0.2) is 0 Å². The van der Waals surface area contributed by atoms with Gasteiger partial charge in [-0.3, -0.25) is 0 Å². The summed E-state index contributed by atoms with van der Waals surface area (Å²) >= 11 is 0. The summed E-state index contributed by atoms with van der Waals surface area (Å²) in [4.78, 5) is 0. The highest BCUT2D eigenvalue weighted by Crippen LogP contribution is 2.27. The van der Waals surface area contributed by atoms with Crippen LogP contribution in [0.15, 0.2) is 0 Å². The average molecular weight is 222 g/mol. The third-order valence-electron chi connectivity index (χ3n) is 3.00. The van der Waals surface area contributed by atoms with E-state index in [2.05, 4.69) is 0 Å². The number of hydrogen-bond donors (Lipinski definition) is 6. The van der Waals surface area contributed by atoms with Gasteiger partial charge < -0.3 is 30.6 Å². The number of hydrogen-bond acceptors (Lipinski definition) is 6. The first-order valence-corrected chi connectivity index (χ1v) is 4.98. The van der Waals surface area contributed by atoms with Crippen LogP contribution in [0.3, 0.4) is 0 Å². The summed E-state index contributed by atoms with van der Waals surface area (Å²) in [7, 11) is 0. The van der Waals surface area contributed by atoms with E-state index < -0.39 is 36.6 Å². The Kier molecular flexibility index (Phi) is 4.05. The zero-order chi connectivity index (χ0) is 11.6. The maximum Gasteiger partial charge on any atom is 0.116 e. The molecule has 1 rings (SSSR count). The van der Waals surface area contributed by atoms with Gasteiger partial charge in [0.25, 0.3) is 0 Å². The fourth-order valence-electron chi connectivity index (χ4n) is 1.84. The molecule has 1 saturated carbocycles. The minimum atomic E-state index is -1.82. The Labute approximate surface area is 87.4 Å². The molecule has 1 fully saturated rings. The van der Waals surface area contributed by atoms with Crippen molar-refractivity contribution >= 4 is 0 Å². The van der Waals surface area contributed by atoms with Gasteiger partial charge in [-0.15, -0.1) is 0 Å². The molecular formula is C9H18O6. The van der Waals surface area contributed by atoms with E-state index in [4.69, 9.17) is 5.11 Å². The Morgan fingerprint density at radius 3 is 2.20 bits per heavy atom. The minimum Gasteiger partial charge on any atom is -0.393 e. The van der Waals surface area contributed by atoms with Crippen LogP contribution in [0, 0.1) is 0 Å². The molecular weight excluding hydrogens is 204 g/mol. The highest BCUT2D eigenvalue weighted by molar-refractivity contribution is 4.96. The lowest BCUT2D eigenvalue weighted by Crippen LogP contribution is -2.58. The van der Waals surface area contributed by atoms with Gasteiger partial charge in [0, 0.05) is 0 Å². The normalized spacial score (nSPS) is 48.4. The van der Waals surface area contributed by atoms with E-state index in [1.54, 1.807) is 0 Å². The molecule has 0 saturated heterocycles. The van der Waals surface area contributed by atoms with Crippen molar-refractivity contribution < 1.29 is 30.6 Å². The van der Waals surface area contributed by atoms with Gasteiger partial charge in [-0.05, 0) is 19.3 Å². The van der Waals surface area contributed by atoms with Gasteiger partial charge in [0.05, 0.1) is 12.7 Å². The fourth-order valence-corrected chi connectivity index (χ4v) is 1.84. The number of aliphatic hydroxyl groups is 6. The van der Waals surface area contributed by atoms with Crippen LogP contribution < -0.4 is 0 Å². The van der Waals surface area contributed by atoms with Crippen molar-refractivity contribution in [2.75, 3.05) is 6.61 Å². The highest BCUT2D eigenvalue weighted by Gasteiger charge is 2.45. The van der Waals surface area contributed by atoms with Gasteiger partial charge in [0.1, 0.15) is 23.9 Å². The molecule has 0 heterocycles. The molecule has 0 spiro atoms. The van der Waals surface area contributed by atoms with Crippen LogP contribution in [-0.2, 0) is 0 Å². The maximum absolute atomic E-state index is 9.78. The van der Waals surface area contributed by atoms with E-state index >= 15 is 0 Å². The minimum absolute atomic E-state index is 0.0610. The summed E-state index contributed by atoms with van der Waals surface area (Å²) < 4.78 is 0. The smallest absolute Gasteiger partial charge is 0.116 e. The molecule has 6 heteroatoms. The summed E-state index contributed by atoms with van der Waals surface area (Å²) in [5.41, 5.74) is -1.82. The fraction of sp³-hybridized carbons (Fsp3) is 1.00. The average Bonchev–Trinajstić information content (AvgIpc) is 2.24. The summed E-state index contributed by atoms with van der Waals surface area (Å²) in [6.45, 7) is -0.700. The summed E-state index contributed by atoms with van der Waals surface area (Å²) in [5, 5.41) is 56.5. The monoisotopic (exact) mass is 222 g/mol. The molecule has 6 nitrogen and oxygen atoms in total. The molecule has 6 N–H and O–H groups in total. The third-order valence-corrected chi connectivity index (χ3v) is 3.00. The highest BCUT2D eigenvalue weighted by atomic mass is 16.4. The lowest BCUT2D eigenvalue weighted by molar-refractivity contribution is -0.193. The van der Waals surface area contributed by atoms with Crippen molar-refractivity contribution in [3.63, 3.8) is 0 Å². The van der Waals surface area contributed by atoms with Crippen LogP contribution in [-0.4, -0.2) is 67.3 Å². The predicted octanol–water partition coefficient (Wildman–Crippen LogP) is -2.66. The molecule has 0 aromatic heterocycles. The van der Waals surface area contributed by atoms with Crippen molar-refractivity contribution in [3.05, 3.63) is 0 Å². The van der Waals surface area contributed by atoms with E-state index in [0.717, 1.165) is 0 Å². The lowest BCUT2D eigenvalue weighted by Gasteiger charge is -2.39. The zero-order valence-electron chi connectivity index (χ0n) is 8.32. The Bertz CT molecular complexity index is 211. The molecule has 0 bridgehead atoms. The van der Waals surface area contributed by atoms with Gasteiger partial charge >= 0.3 is 0 Å². The molecule has 0 aromatic carbocycles. The second-order valence-electron chi connectivity index (χ2n) is 4.15. The topological polar surface area (TPSA) is 121 Å². The van der Waals surface area contributed by atoms with Crippen LogP contribution in [0.4, 0.5) is 0 Å². The first-order chi connectivity index (χ1) is 6.92. The van der Waals surface area contributed by atoms with Crippen molar-refractivity contribution in [1.29, 1.82) is 0 Å². The molecule has 0 unspecified atom stereocenters. The first kappa shape index (κ1) is 12.8. The van der Waals surface area contributed by atoms with Gasteiger partial charge in [0.15, 0.2) is 0 Å². The molecule has 5 atom stereocenters. The molecule has 0 aromatic rings. The van der Waals surface area contributed by atoms with E-state index in [-0.39, 0.29) is 12.8 Å². The van der Waals surface area contributed by atoms with E-state index in [9.17, 15) is 25.5 Å². The molecule has 0 amide bonds. The molecule has 90 valence electrons. The number of aliphatic hydroxyl groups excluding tert-OH is 5. The van der Waals surface area contributed by atoms with Crippen LogP contribution in [0.2, 0.25) is 0 Å². The van der Waals surface area contributed by atoms with Crippen LogP contribution in [0.1, 0.15) is 19.3 Å². The second kappa shape index (κ2) is 4.73. The molecule has 1 aliphatic rings. The molecule has 15 heavy (non-hydrogen) atoms. The predicted molar refractivity (Wildman–Crippen MR) is 49.9 cm³/mol. The largest absolute Gasteiger partial charge is 0.393 e. The zero-order valence-corrected chi connectivity index (χ0v) is 8.32. The first-order valence-electron chi connectivity index (χ1n) is 4.98. The van der Waals surface area contributed by atoms with E-state index in [1.807, 2.05) is 0 Å². The van der Waals surface area contributed by atoms with Crippen LogP contribution in [0.25, 0.3) is 0 Å². The summed E-state index contributed by atoms with van der Waals surface area (Å²) in [6.07, 6.45) is -5.38. The van der Waals surface area contributed by atoms with Crippen molar-refractivity contribution in [2.45, 2.75) is 49.3 Å².